The van der Waals surface area contributed by atoms with Crippen molar-refractivity contribution in [2.45, 2.75) is 32.3 Å². The maximum absolute atomic E-state index is 11.8. The summed E-state index contributed by atoms with van der Waals surface area (Å²) in [4.78, 5) is 11.8. The van der Waals surface area contributed by atoms with Gasteiger partial charge in [-0.15, -0.1) is 0 Å². The number of fused-ring (bicyclic) bond motifs is 1. The molecule has 3 nitrogen and oxygen atoms in total. The van der Waals surface area contributed by atoms with E-state index in [1.165, 1.54) is 0 Å². The van der Waals surface area contributed by atoms with Crippen LogP contribution in [0.5, 0.6) is 5.75 Å². The molecule has 16 heavy (non-hydrogen) atoms. The summed E-state index contributed by atoms with van der Waals surface area (Å²) in [5.74, 6) is 0.356. The lowest BCUT2D eigenvalue weighted by atomic mass is 9.96. The summed E-state index contributed by atoms with van der Waals surface area (Å²) in [5, 5.41) is 0. The molecular formula is C13H16O3. The molecule has 1 aromatic carbocycles. The van der Waals surface area contributed by atoms with Crippen molar-refractivity contribution in [1.82, 2.24) is 0 Å². The molecule has 1 aliphatic heterocycles. The Bertz CT molecular complexity index is 398. The van der Waals surface area contributed by atoms with Gasteiger partial charge >= 0.3 is 5.97 Å². The van der Waals surface area contributed by atoms with Gasteiger partial charge in [-0.2, -0.15) is 0 Å². The van der Waals surface area contributed by atoms with Crippen LogP contribution in [-0.2, 0) is 11.2 Å². The van der Waals surface area contributed by atoms with E-state index >= 15 is 0 Å². The Labute approximate surface area is 95.4 Å². The molecule has 2 rings (SSSR count). The van der Waals surface area contributed by atoms with Crippen LogP contribution in [0.2, 0.25) is 0 Å². The van der Waals surface area contributed by atoms with Crippen molar-refractivity contribution in [3.8, 4) is 5.75 Å². The first-order chi connectivity index (χ1) is 7.76. The smallest absolute Gasteiger partial charge is 0.342 e. The molecule has 1 atom stereocenters. The number of hydrogen-bond donors (Lipinski definition) is 0. The van der Waals surface area contributed by atoms with E-state index in [0.29, 0.717) is 11.3 Å². The number of cyclic esters (lactones) is 1. The minimum Gasteiger partial charge on any atom is -0.496 e. The maximum atomic E-state index is 11.8. The molecule has 0 saturated carbocycles. The molecule has 0 fully saturated rings. The standard InChI is InChI=1S/C13H16O3/c1-3-5-10-8-9-6-4-7-11(15-2)12(9)13(14)16-10/h4,6-7,10H,3,5,8H2,1-2H3/t10-/m0/s1. The van der Waals surface area contributed by atoms with Crippen LogP contribution in [0, 0.1) is 0 Å². The third-order valence-electron chi connectivity index (χ3n) is 2.87. The number of benzene rings is 1. The second-order valence-corrected chi connectivity index (χ2v) is 4.01. The van der Waals surface area contributed by atoms with Gasteiger partial charge in [0.15, 0.2) is 0 Å². The molecule has 1 heterocycles. The molecule has 0 amide bonds. The van der Waals surface area contributed by atoms with Crippen molar-refractivity contribution in [3.63, 3.8) is 0 Å². The summed E-state index contributed by atoms with van der Waals surface area (Å²) < 4.78 is 10.6. The van der Waals surface area contributed by atoms with Crippen LogP contribution in [0.15, 0.2) is 18.2 Å². The SMILES string of the molecule is CCC[C@H]1Cc2cccc(OC)c2C(=O)O1. The minimum atomic E-state index is -0.253. The summed E-state index contributed by atoms with van der Waals surface area (Å²) in [7, 11) is 1.57. The van der Waals surface area contributed by atoms with Crippen molar-refractivity contribution in [2.24, 2.45) is 0 Å². The first-order valence-electron chi connectivity index (χ1n) is 5.63. The van der Waals surface area contributed by atoms with Gasteiger partial charge in [0.25, 0.3) is 0 Å². The highest BCUT2D eigenvalue weighted by atomic mass is 16.5. The lowest BCUT2D eigenvalue weighted by molar-refractivity contribution is 0.0232. The minimum absolute atomic E-state index is 0.0251. The van der Waals surface area contributed by atoms with Crippen LogP contribution >= 0.6 is 0 Å². The van der Waals surface area contributed by atoms with Gasteiger partial charge < -0.3 is 9.47 Å². The van der Waals surface area contributed by atoms with Gasteiger partial charge in [-0.1, -0.05) is 25.5 Å². The van der Waals surface area contributed by atoms with Crippen LogP contribution < -0.4 is 4.74 Å². The molecule has 0 aliphatic carbocycles. The quantitative estimate of drug-likeness (QED) is 0.734. The molecule has 0 unspecified atom stereocenters. The number of ether oxygens (including phenoxy) is 2. The second kappa shape index (κ2) is 4.56. The fourth-order valence-corrected chi connectivity index (χ4v) is 2.13. The van der Waals surface area contributed by atoms with Crippen molar-refractivity contribution in [1.29, 1.82) is 0 Å². The molecule has 1 aliphatic rings. The second-order valence-electron chi connectivity index (χ2n) is 4.01. The Kier molecular flexibility index (Phi) is 3.13. The molecule has 86 valence electrons. The van der Waals surface area contributed by atoms with Crippen LogP contribution in [0.3, 0.4) is 0 Å². The summed E-state index contributed by atoms with van der Waals surface area (Å²) in [5.41, 5.74) is 1.63. The lowest BCUT2D eigenvalue weighted by Gasteiger charge is -2.25. The zero-order valence-corrected chi connectivity index (χ0v) is 9.66. The van der Waals surface area contributed by atoms with Gasteiger partial charge in [0.2, 0.25) is 0 Å². The van der Waals surface area contributed by atoms with Crippen molar-refractivity contribution >= 4 is 5.97 Å². The number of hydrogen-bond acceptors (Lipinski definition) is 3. The first kappa shape index (κ1) is 11.0. The predicted molar refractivity (Wildman–Crippen MR) is 60.8 cm³/mol. The van der Waals surface area contributed by atoms with E-state index in [9.17, 15) is 4.79 Å². The normalized spacial score (nSPS) is 18.9. The van der Waals surface area contributed by atoms with Gasteiger partial charge in [0.1, 0.15) is 17.4 Å². The fourth-order valence-electron chi connectivity index (χ4n) is 2.13. The monoisotopic (exact) mass is 220 g/mol. The van der Waals surface area contributed by atoms with E-state index < -0.39 is 0 Å². The summed E-state index contributed by atoms with van der Waals surface area (Å²) in [6, 6.07) is 5.68. The van der Waals surface area contributed by atoms with Crippen LogP contribution in [0.25, 0.3) is 0 Å². The summed E-state index contributed by atoms with van der Waals surface area (Å²) >= 11 is 0. The average Bonchev–Trinajstić information content (AvgIpc) is 2.28. The number of methoxy groups -OCH3 is 1. The van der Waals surface area contributed by atoms with Gasteiger partial charge in [-0.05, 0) is 18.1 Å². The molecule has 0 N–H and O–H groups in total. The molecule has 1 aromatic rings. The van der Waals surface area contributed by atoms with E-state index in [4.69, 9.17) is 9.47 Å². The molecule has 0 radical (unpaired) electrons. The van der Waals surface area contributed by atoms with E-state index in [1.807, 2.05) is 12.1 Å². The van der Waals surface area contributed by atoms with E-state index in [1.54, 1.807) is 13.2 Å². The molecule has 0 saturated heterocycles. The van der Waals surface area contributed by atoms with Gasteiger partial charge in [-0.3, -0.25) is 0 Å². The third kappa shape index (κ3) is 1.90. The zero-order chi connectivity index (χ0) is 11.5. The highest BCUT2D eigenvalue weighted by Crippen LogP contribution is 2.29. The fraction of sp³-hybridized carbons (Fsp3) is 0.462. The Balaban J connectivity index is 2.34. The van der Waals surface area contributed by atoms with Crippen LogP contribution in [-0.4, -0.2) is 19.2 Å². The summed E-state index contributed by atoms with van der Waals surface area (Å²) in [6.07, 6.45) is 2.77. The number of rotatable bonds is 3. The molecular weight excluding hydrogens is 204 g/mol. The Morgan fingerprint density at radius 3 is 3.00 bits per heavy atom. The number of carbonyl (C=O) groups excluding carboxylic acids is 1. The van der Waals surface area contributed by atoms with Crippen LogP contribution in [0.4, 0.5) is 0 Å². The first-order valence-corrected chi connectivity index (χ1v) is 5.63. The number of carbonyl (C=O) groups is 1. The molecule has 0 spiro atoms. The van der Waals surface area contributed by atoms with Crippen LogP contribution in [0.1, 0.15) is 35.7 Å². The zero-order valence-electron chi connectivity index (χ0n) is 9.66. The van der Waals surface area contributed by atoms with E-state index in [2.05, 4.69) is 6.92 Å². The average molecular weight is 220 g/mol. The topological polar surface area (TPSA) is 35.5 Å². The lowest BCUT2D eigenvalue weighted by Crippen LogP contribution is -2.27. The molecule has 3 heteroatoms. The van der Waals surface area contributed by atoms with Crippen molar-refractivity contribution < 1.29 is 14.3 Å². The maximum Gasteiger partial charge on any atom is 0.342 e. The van der Waals surface area contributed by atoms with Crippen molar-refractivity contribution in [2.75, 3.05) is 7.11 Å². The Morgan fingerprint density at radius 1 is 1.50 bits per heavy atom. The third-order valence-corrected chi connectivity index (χ3v) is 2.87. The highest BCUT2D eigenvalue weighted by Gasteiger charge is 2.28. The molecule has 0 aromatic heterocycles. The Morgan fingerprint density at radius 2 is 2.31 bits per heavy atom. The van der Waals surface area contributed by atoms with E-state index in [-0.39, 0.29) is 12.1 Å². The highest BCUT2D eigenvalue weighted by molar-refractivity contribution is 5.95. The predicted octanol–water partition coefficient (Wildman–Crippen LogP) is 2.58. The van der Waals surface area contributed by atoms with Gasteiger partial charge in [0.05, 0.1) is 7.11 Å². The largest absolute Gasteiger partial charge is 0.496 e. The van der Waals surface area contributed by atoms with Crippen molar-refractivity contribution in [3.05, 3.63) is 29.3 Å². The molecule has 0 bridgehead atoms. The summed E-state index contributed by atoms with van der Waals surface area (Å²) in [6.45, 7) is 2.09. The number of esters is 1. The van der Waals surface area contributed by atoms with Gasteiger partial charge in [-0.25, -0.2) is 4.79 Å². The van der Waals surface area contributed by atoms with Gasteiger partial charge in [0, 0.05) is 6.42 Å². The van der Waals surface area contributed by atoms with E-state index in [0.717, 1.165) is 24.8 Å². The Hall–Kier alpha value is -1.51.